The zero-order valence-electron chi connectivity index (χ0n) is 12.9. The van der Waals surface area contributed by atoms with E-state index in [0.717, 1.165) is 14.2 Å². The maximum Gasteiger partial charge on any atom is 0.317 e. The summed E-state index contributed by atoms with van der Waals surface area (Å²) in [6.07, 6.45) is 0.583. The molecule has 0 aromatic rings. The second-order valence-corrected chi connectivity index (χ2v) is 2.82. The van der Waals surface area contributed by atoms with Crippen LogP contribution in [0, 0.1) is 13.1 Å². The summed E-state index contributed by atoms with van der Waals surface area (Å²) in [6.45, 7) is 3.64. The van der Waals surface area contributed by atoms with Crippen LogP contribution < -0.4 is 10.6 Å². The quantitative estimate of drug-likeness (QED) is 0.193. The van der Waals surface area contributed by atoms with E-state index >= 15 is 0 Å². The molecule has 0 saturated heterocycles. The number of nitrogens with one attached hydrogen (secondary N) is 2. The normalized spacial score (nSPS) is 8.00. The van der Waals surface area contributed by atoms with E-state index in [0.29, 0.717) is 19.6 Å². The van der Waals surface area contributed by atoms with Crippen molar-refractivity contribution < 1.29 is 100 Å². The van der Waals surface area contributed by atoms with Crippen molar-refractivity contribution in [1.82, 2.24) is 10.6 Å². The Hall–Kier alpha value is 0.948. The molecule has 4 radical (unpaired) electrons. The molecular formula is C11H24N2O7Y2. The summed E-state index contributed by atoms with van der Waals surface area (Å²) in [7, 11) is 2.00. The maximum atomic E-state index is 10.1. The van der Waals surface area contributed by atoms with Crippen molar-refractivity contribution in [3.63, 3.8) is 0 Å². The average Bonchev–Trinajstić information content (AvgIpc) is 2.44. The van der Waals surface area contributed by atoms with Gasteiger partial charge in [0.05, 0.1) is 19.7 Å². The fourth-order valence-electron chi connectivity index (χ4n) is 0.764. The predicted molar refractivity (Wildman–Crippen MR) is 71.6 cm³/mol. The molecule has 11 heteroatoms. The number of aliphatic carboxylic acids is 2. The summed E-state index contributed by atoms with van der Waals surface area (Å²) in [5.74, 6) is -1.84. The molecule has 0 rings (SSSR count). The van der Waals surface area contributed by atoms with Crippen LogP contribution in [0.15, 0.2) is 0 Å². The molecule has 22 heavy (non-hydrogen) atoms. The minimum absolute atomic E-state index is 0. The van der Waals surface area contributed by atoms with E-state index in [1.807, 2.05) is 0 Å². The van der Waals surface area contributed by atoms with Crippen molar-refractivity contribution in [1.29, 1.82) is 0 Å². The average molecular weight is 474 g/mol. The van der Waals surface area contributed by atoms with Gasteiger partial charge < -0.3 is 35.8 Å². The van der Waals surface area contributed by atoms with Gasteiger partial charge in [-0.2, -0.15) is 0 Å². The molecule has 0 atom stereocenters. The Labute approximate surface area is 181 Å². The van der Waals surface area contributed by atoms with Crippen molar-refractivity contribution in [2.24, 2.45) is 0 Å². The van der Waals surface area contributed by atoms with Gasteiger partial charge in [-0.05, 0) is 6.42 Å². The third-order valence-corrected chi connectivity index (χ3v) is 1.40. The Morgan fingerprint density at radius 2 is 1.32 bits per heavy atom. The van der Waals surface area contributed by atoms with E-state index < -0.39 is 11.9 Å². The molecule has 9 nitrogen and oxygen atoms in total. The van der Waals surface area contributed by atoms with Crippen molar-refractivity contribution in [3.8, 4) is 0 Å². The minimum Gasteiger partial charge on any atom is -0.480 e. The zero-order chi connectivity index (χ0) is 16.2. The number of hydrogen-bond donors (Lipinski definition) is 6. The summed E-state index contributed by atoms with van der Waals surface area (Å²) in [5.41, 5.74) is 0. The summed E-state index contributed by atoms with van der Waals surface area (Å²) in [5, 5.41) is 35.7. The van der Waals surface area contributed by atoms with Gasteiger partial charge >= 0.3 is 11.9 Å². The van der Waals surface area contributed by atoms with E-state index in [9.17, 15) is 9.59 Å². The Morgan fingerprint density at radius 3 is 1.73 bits per heavy atom. The van der Waals surface area contributed by atoms with Crippen LogP contribution in [-0.2, 0) is 79.7 Å². The van der Waals surface area contributed by atoms with Crippen LogP contribution in [0.5, 0.6) is 0 Å². The van der Waals surface area contributed by atoms with E-state index in [1.165, 1.54) is 6.54 Å². The number of rotatable bonds is 11. The van der Waals surface area contributed by atoms with Gasteiger partial charge in [-0.1, -0.05) is 0 Å². The molecule has 0 unspecified atom stereocenters. The molecular weight excluding hydrogens is 450 g/mol. The number of carbonyl (C=O) groups is 2. The van der Waals surface area contributed by atoms with Crippen molar-refractivity contribution in [3.05, 3.63) is 13.1 Å². The second kappa shape index (κ2) is 33.5. The molecule has 0 aromatic heterocycles. The molecule has 0 aliphatic rings. The maximum absolute atomic E-state index is 10.1. The largest absolute Gasteiger partial charge is 0.480 e. The number of aliphatic hydroxyl groups excluding tert-OH is 2. The first-order chi connectivity index (χ1) is 9.63. The van der Waals surface area contributed by atoms with Crippen LogP contribution in [0.25, 0.3) is 0 Å². The van der Waals surface area contributed by atoms with E-state index in [-0.39, 0.29) is 78.5 Å². The van der Waals surface area contributed by atoms with Crippen molar-refractivity contribution >= 4 is 11.9 Å². The van der Waals surface area contributed by atoms with Crippen LogP contribution in [0.3, 0.4) is 0 Å². The van der Waals surface area contributed by atoms with E-state index in [2.05, 4.69) is 10.6 Å². The van der Waals surface area contributed by atoms with Gasteiger partial charge in [0.1, 0.15) is 0 Å². The van der Waals surface area contributed by atoms with Crippen LogP contribution in [0.1, 0.15) is 6.42 Å². The standard InChI is InChI=1S/C9H16N2O5.2CH4O.2Y/c12-8(13)6-10-2-1-4-16-5-3-11-7-9(14)15;2*1-2;;/h2-3,10-11H,1,4-7H2,(H,12,13)(H,14,15);2*2H,1H3;;. The molecule has 126 valence electrons. The van der Waals surface area contributed by atoms with Gasteiger partial charge in [0.25, 0.3) is 0 Å². The number of carboxylic acid groups (broad SMARTS) is 2. The molecule has 0 heterocycles. The number of aliphatic hydroxyl groups is 2. The molecule has 6 N–H and O–H groups in total. The number of carboxylic acids is 2. The number of ether oxygens (including phenoxy) is 1. The molecule has 0 spiro atoms. The van der Waals surface area contributed by atoms with E-state index in [4.69, 9.17) is 25.2 Å². The smallest absolute Gasteiger partial charge is 0.317 e. The third-order valence-electron chi connectivity index (χ3n) is 1.40. The molecule has 0 saturated carbocycles. The predicted octanol–water partition coefficient (Wildman–Crippen LogP) is -1.72. The zero-order valence-corrected chi connectivity index (χ0v) is 18.5. The first-order valence-electron chi connectivity index (χ1n) is 5.64. The van der Waals surface area contributed by atoms with E-state index in [1.54, 1.807) is 6.54 Å². The van der Waals surface area contributed by atoms with Crippen LogP contribution >= 0.6 is 0 Å². The third kappa shape index (κ3) is 42.8. The molecule has 0 aliphatic heterocycles. The Balaban J connectivity index is -0.000000147. The second-order valence-electron chi connectivity index (χ2n) is 2.82. The fourth-order valence-corrected chi connectivity index (χ4v) is 0.764. The molecule has 0 aliphatic carbocycles. The fraction of sp³-hybridized carbons (Fsp3) is 0.636. The minimum atomic E-state index is -0.928. The van der Waals surface area contributed by atoms with Gasteiger partial charge in [-0.15, -0.1) is 0 Å². The Kier molecular flexibility index (Phi) is 52.3. The number of hydrogen-bond acceptors (Lipinski definition) is 7. The van der Waals surface area contributed by atoms with Gasteiger partial charge in [-0.25, -0.2) is 0 Å². The van der Waals surface area contributed by atoms with Crippen molar-refractivity contribution in [2.45, 2.75) is 6.42 Å². The molecule has 0 bridgehead atoms. The van der Waals surface area contributed by atoms with Gasteiger partial charge in [-0.3, -0.25) is 9.59 Å². The first-order valence-corrected chi connectivity index (χ1v) is 5.64. The summed E-state index contributed by atoms with van der Waals surface area (Å²) >= 11 is 0. The molecule has 0 fully saturated rings. The summed E-state index contributed by atoms with van der Waals surface area (Å²) in [4.78, 5) is 20.2. The Morgan fingerprint density at radius 1 is 0.909 bits per heavy atom. The topological polar surface area (TPSA) is 148 Å². The summed E-state index contributed by atoms with van der Waals surface area (Å²) < 4.78 is 5.09. The van der Waals surface area contributed by atoms with Crippen molar-refractivity contribution in [2.75, 3.05) is 40.5 Å². The van der Waals surface area contributed by atoms with Gasteiger partial charge in [0.2, 0.25) is 0 Å². The Bertz CT molecular complexity index is 203. The van der Waals surface area contributed by atoms with Gasteiger partial charge in [0.15, 0.2) is 0 Å². The molecule has 0 aromatic carbocycles. The van der Waals surface area contributed by atoms with Gasteiger partial charge in [0, 0.05) is 99.3 Å². The van der Waals surface area contributed by atoms with Crippen LogP contribution in [0.2, 0.25) is 0 Å². The van der Waals surface area contributed by atoms with Crippen LogP contribution in [-0.4, -0.2) is 72.9 Å². The van der Waals surface area contributed by atoms with Crippen LogP contribution in [0.4, 0.5) is 0 Å². The first kappa shape index (κ1) is 34.3. The molecule has 0 amide bonds. The monoisotopic (exact) mass is 474 g/mol. The SMILES string of the molecule is CO.CO.O=C(O)CN[CH]CCOC[CH]NCC(=O)O.[Y].[Y]. The summed E-state index contributed by atoms with van der Waals surface area (Å²) in [6, 6.07) is 0.